The maximum atomic E-state index is 12.4. The van der Waals surface area contributed by atoms with Gasteiger partial charge in [0, 0.05) is 54.5 Å². The van der Waals surface area contributed by atoms with Crippen LogP contribution in [0.1, 0.15) is 74.1 Å². The molecule has 1 heterocycles. The van der Waals surface area contributed by atoms with E-state index in [9.17, 15) is 28.8 Å². The molecule has 1 saturated heterocycles. The zero-order chi connectivity index (χ0) is 33.5. The Morgan fingerprint density at radius 3 is 2.14 bits per heavy atom. The molecular weight excluding hydrogens is 598 g/mol. The maximum Gasteiger partial charge on any atom is 0.365 e. The number of carbonyl (C=O) groups excluding carboxylic acids is 5. The molecule has 43 heavy (non-hydrogen) atoms. The first kappa shape index (κ1) is 40.6. The number of carboxylic acid groups (broad SMARTS) is 1. The van der Waals surface area contributed by atoms with E-state index in [0.717, 1.165) is 11.8 Å². The highest BCUT2D eigenvalue weighted by Crippen LogP contribution is 2.32. The Balaban J connectivity index is 0.000000821. The standard InChI is InChI=1S/C15H28N2O4S.C13H23N3O4S/c1-10(2)8-12(18)16-6-7-17-13(19)15(4,5)9-11(3)22-14(20)21;1-13(2,4-5-17)16-10(18)6-9(12(16)20)21-7-8(15-3)11(14)19/h10-11H,6-9H2,1-5H3,(H,16,18)(H,17,19)(H,20,21);8-9,15,17H,4-7H2,1-3H3,(H2,14,19). The van der Waals surface area contributed by atoms with E-state index in [1.807, 2.05) is 13.8 Å². The number of nitrogens with one attached hydrogen (secondary N) is 3. The number of hydrogen-bond donors (Lipinski definition) is 6. The average Bonchev–Trinajstić information content (AvgIpc) is 3.14. The Hall–Kier alpha value is -2.36. The summed E-state index contributed by atoms with van der Waals surface area (Å²) in [6.45, 7) is 13.5. The number of likely N-dealkylation sites (N-methyl/N-ethyl adjacent to an activating group) is 1. The van der Waals surface area contributed by atoms with Crippen molar-refractivity contribution >= 4 is 58.4 Å². The molecule has 0 radical (unpaired) electrons. The second-order valence-electron chi connectivity index (χ2n) is 12.1. The van der Waals surface area contributed by atoms with Gasteiger partial charge in [-0.15, -0.1) is 11.8 Å². The number of thioether (sulfide) groups is 2. The summed E-state index contributed by atoms with van der Waals surface area (Å²) in [6.07, 6.45) is 1.40. The van der Waals surface area contributed by atoms with Crippen molar-refractivity contribution in [3.05, 3.63) is 0 Å². The molecule has 3 unspecified atom stereocenters. The molecule has 1 fully saturated rings. The normalized spacial score (nSPS) is 16.8. The van der Waals surface area contributed by atoms with Crippen LogP contribution in [0.15, 0.2) is 0 Å². The van der Waals surface area contributed by atoms with Crippen LogP contribution in [0.4, 0.5) is 4.79 Å². The minimum atomic E-state index is -0.934. The predicted molar refractivity (Wildman–Crippen MR) is 169 cm³/mol. The lowest BCUT2D eigenvalue weighted by molar-refractivity contribution is -0.145. The number of amides is 5. The highest BCUT2D eigenvalue weighted by atomic mass is 32.2. The van der Waals surface area contributed by atoms with Crippen LogP contribution in [0.2, 0.25) is 0 Å². The third kappa shape index (κ3) is 15.3. The van der Waals surface area contributed by atoms with Crippen molar-refractivity contribution in [2.45, 2.75) is 96.2 Å². The van der Waals surface area contributed by atoms with Crippen LogP contribution in [-0.2, 0) is 24.0 Å². The molecule has 13 nitrogen and oxygen atoms in total. The van der Waals surface area contributed by atoms with Crippen molar-refractivity contribution in [3.63, 3.8) is 0 Å². The summed E-state index contributed by atoms with van der Waals surface area (Å²) in [6, 6.07) is -0.530. The first-order chi connectivity index (χ1) is 19.8. The summed E-state index contributed by atoms with van der Waals surface area (Å²) in [5, 5.41) is 24.5. The van der Waals surface area contributed by atoms with E-state index in [1.54, 1.807) is 41.7 Å². The lowest BCUT2D eigenvalue weighted by atomic mass is 9.87. The van der Waals surface area contributed by atoms with E-state index < -0.39 is 33.5 Å². The van der Waals surface area contributed by atoms with Gasteiger partial charge in [0.25, 0.3) is 0 Å². The lowest BCUT2D eigenvalue weighted by Crippen LogP contribution is -2.48. The number of rotatable bonds is 17. The summed E-state index contributed by atoms with van der Waals surface area (Å²) in [7, 11) is 1.62. The molecule has 7 N–H and O–H groups in total. The van der Waals surface area contributed by atoms with Crippen LogP contribution in [-0.4, -0.2) is 105 Å². The average molecular weight is 650 g/mol. The van der Waals surface area contributed by atoms with Crippen molar-refractivity contribution in [2.75, 3.05) is 32.5 Å². The number of likely N-dealkylation sites (tertiary alicyclic amines) is 1. The van der Waals surface area contributed by atoms with Crippen LogP contribution in [0, 0.1) is 11.3 Å². The minimum absolute atomic E-state index is 0.0185. The van der Waals surface area contributed by atoms with Crippen molar-refractivity contribution in [1.82, 2.24) is 20.9 Å². The van der Waals surface area contributed by atoms with Crippen molar-refractivity contribution < 1.29 is 39.0 Å². The Labute approximate surface area is 263 Å². The second kappa shape index (κ2) is 19.1. The highest BCUT2D eigenvalue weighted by molar-refractivity contribution is 8.13. The minimum Gasteiger partial charge on any atom is -0.473 e. The maximum absolute atomic E-state index is 12.4. The molecular formula is C28H51N5O8S2. The van der Waals surface area contributed by atoms with Gasteiger partial charge in [-0.2, -0.15) is 0 Å². The molecule has 0 aromatic carbocycles. The predicted octanol–water partition coefficient (Wildman–Crippen LogP) is 1.56. The quantitative estimate of drug-likeness (QED) is 0.0984. The van der Waals surface area contributed by atoms with Crippen LogP contribution < -0.4 is 21.7 Å². The van der Waals surface area contributed by atoms with E-state index >= 15 is 0 Å². The van der Waals surface area contributed by atoms with Gasteiger partial charge in [0.05, 0.1) is 11.3 Å². The SMILES string of the molecule is CC(C)CC(=O)NCCNC(=O)C(C)(C)CC(C)SC(=O)O.CNC(CSC1CC(=O)N(C(C)(C)CCO)C1=O)C(N)=O. The van der Waals surface area contributed by atoms with E-state index in [4.69, 9.17) is 15.9 Å². The smallest absolute Gasteiger partial charge is 0.365 e. The Morgan fingerprint density at radius 1 is 1.07 bits per heavy atom. The van der Waals surface area contributed by atoms with Gasteiger partial charge in [-0.1, -0.05) is 34.6 Å². The molecule has 1 aliphatic heterocycles. The number of imide groups is 1. The summed E-state index contributed by atoms with van der Waals surface area (Å²) in [5.74, 6) is -0.498. The number of hydrogen-bond acceptors (Lipinski definition) is 10. The van der Waals surface area contributed by atoms with Gasteiger partial charge < -0.3 is 31.9 Å². The molecule has 248 valence electrons. The van der Waals surface area contributed by atoms with Crippen molar-refractivity contribution in [1.29, 1.82) is 0 Å². The van der Waals surface area contributed by atoms with E-state index in [0.29, 0.717) is 44.0 Å². The lowest BCUT2D eigenvalue weighted by Gasteiger charge is -2.33. The fraction of sp³-hybridized carbons (Fsp3) is 0.786. The summed E-state index contributed by atoms with van der Waals surface area (Å²) in [5.41, 5.74) is 3.87. The molecule has 1 aliphatic rings. The number of carbonyl (C=O) groups is 6. The monoisotopic (exact) mass is 649 g/mol. The summed E-state index contributed by atoms with van der Waals surface area (Å²) >= 11 is 2.07. The fourth-order valence-electron chi connectivity index (χ4n) is 4.36. The molecule has 15 heteroatoms. The first-order valence-electron chi connectivity index (χ1n) is 14.3. The highest BCUT2D eigenvalue weighted by Gasteiger charge is 2.46. The van der Waals surface area contributed by atoms with E-state index in [-0.39, 0.29) is 41.9 Å². The summed E-state index contributed by atoms with van der Waals surface area (Å²) < 4.78 is 0. The molecule has 0 spiro atoms. The van der Waals surface area contributed by atoms with Crippen molar-refractivity contribution in [2.24, 2.45) is 17.1 Å². The Bertz CT molecular complexity index is 977. The molecule has 0 bridgehead atoms. The molecule has 0 saturated carbocycles. The second-order valence-corrected chi connectivity index (χ2v) is 14.7. The molecule has 3 atom stereocenters. The summed E-state index contributed by atoms with van der Waals surface area (Å²) in [4.78, 5) is 71.1. The zero-order valence-corrected chi connectivity index (χ0v) is 28.3. The Kier molecular flexibility index (Phi) is 18.1. The van der Waals surface area contributed by atoms with E-state index in [1.165, 1.54) is 16.7 Å². The largest absolute Gasteiger partial charge is 0.473 e. The van der Waals surface area contributed by atoms with Crippen LogP contribution in [0.25, 0.3) is 0 Å². The molecule has 1 rings (SSSR count). The number of primary amides is 1. The van der Waals surface area contributed by atoms with Crippen LogP contribution >= 0.6 is 23.5 Å². The van der Waals surface area contributed by atoms with Crippen molar-refractivity contribution in [3.8, 4) is 0 Å². The molecule has 5 amide bonds. The van der Waals surface area contributed by atoms with Gasteiger partial charge in [-0.3, -0.25) is 28.9 Å². The Morgan fingerprint density at radius 2 is 1.65 bits per heavy atom. The molecule has 0 aromatic rings. The number of aliphatic hydroxyl groups is 1. The number of aliphatic hydroxyl groups excluding tert-OH is 1. The van der Waals surface area contributed by atoms with Crippen LogP contribution in [0.5, 0.6) is 0 Å². The van der Waals surface area contributed by atoms with Gasteiger partial charge in [-0.25, -0.2) is 4.79 Å². The zero-order valence-electron chi connectivity index (χ0n) is 26.7. The van der Waals surface area contributed by atoms with Gasteiger partial charge in [0.1, 0.15) is 0 Å². The number of nitrogens with two attached hydrogens (primary N) is 1. The van der Waals surface area contributed by atoms with Gasteiger partial charge in [0.2, 0.25) is 29.5 Å². The van der Waals surface area contributed by atoms with E-state index in [2.05, 4.69) is 16.0 Å². The van der Waals surface area contributed by atoms with Gasteiger partial charge in [0.15, 0.2) is 0 Å². The van der Waals surface area contributed by atoms with Gasteiger partial charge >= 0.3 is 5.30 Å². The third-order valence-electron chi connectivity index (χ3n) is 6.63. The third-order valence-corrected chi connectivity index (χ3v) is 8.70. The number of nitrogens with zero attached hydrogens (tertiary/aromatic N) is 1. The molecule has 0 aliphatic carbocycles. The van der Waals surface area contributed by atoms with Crippen LogP contribution in [0.3, 0.4) is 0 Å². The molecule has 0 aromatic heterocycles. The fourth-order valence-corrected chi connectivity index (χ4v) is 6.47. The first-order valence-corrected chi connectivity index (χ1v) is 16.2. The topological polar surface area (TPSA) is 208 Å². The van der Waals surface area contributed by atoms with Gasteiger partial charge in [-0.05, 0) is 51.4 Å².